The lowest BCUT2D eigenvalue weighted by atomic mass is 10.1. The predicted molar refractivity (Wildman–Crippen MR) is 116 cm³/mol. The minimum atomic E-state index is -0.286. The van der Waals surface area contributed by atoms with Gasteiger partial charge in [-0.15, -0.1) is 11.8 Å². The number of rotatable bonds is 4. The number of anilines is 1. The highest BCUT2D eigenvalue weighted by atomic mass is 32.2. The fraction of sp³-hybridized carbons (Fsp3) is 0.273. The molecule has 0 spiro atoms. The van der Waals surface area contributed by atoms with Crippen LogP contribution in [0.25, 0.3) is 5.69 Å². The van der Waals surface area contributed by atoms with Gasteiger partial charge in [0.25, 0.3) is 5.56 Å². The van der Waals surface area contributed by atoms with Crippen LogP contribution in [-0.4, -0.2) is 27.6 Å². The third kappa shape index (κ3) is 3.15. The minimum Gasteiger partial charge on any atom is -0.497 e. The monoisotopic (exact) mass is 409 g/mol. The van der Waals surface area contributed by atoms with E-state index in [1.165, 1.54) is 0 Å². The molecule has 1 fully saturated rings. The molecule has 2 atom stereocenters. The standard InChI is InChI=1S/C22H23N3O3S/c1-14-19(21(27)25(23(14)3)17-10-6-5-7-11-17)24-20(26)15(2)29-22(24)16-9-8-12-18(13-16)28-4/h5-13,15,22H,1-4H3/t15-,22+/m1/s1. The summed E-state index contributed by atoms with van der Waals surface area (Å²) in [5.41, 5.74) is 2.66. The Morgan fingerprint density at radius 1 is 1.03 bits per heavy atom. The van der Waals surface area contributed by atoms with Crippen LogP contribution >= 0.6 is 11.8 Å². The number of aromatic nitrogens is 2. The van der Waals surface area contributed by atoms with Crippen LogP contribution in [-0.2, 0) is 11.8 Å². The zero-order valence-electron chi connectivity index (χ0n) is 16.8. The van der Waals surface area contributed by atoms with Crippen molar-refractivity contribution in [1.29, 1.82) is 0 Å². The van der Waals surface area contributed by atoms with Gasteiger partial charge in [-0.2, -0.15) is 0 Å². The van der Waals surface area contributed by atoms with Crippen LogP contribution < -0.4 is 15.2 Å². The van der Waals surface area contributed by atoms with E-state index in [0.717, 1.165) is 22.7 Å². The maximum atomic E-state index is 13.5. The van der Waals surface area contributed by atoms with Crippen molar-refractivity contribution < 1.29 is 9.53 Å². The van der Waals surface area contributed by atoms with E-state index in [1.807, 2.05) is 75.5 Å². The van der Waals surface area contributed by atoms with Gasteiger partial charge in [0.1, 0.15) is 16.8 Å². The van der Waals surface area contributed by atoms with E-state index in [0.29, 0.717) is 5.69 Å². The Bertz CT molecular complexity index is 1120. The number of ether oxygens (including phenoxy) is 1. The van der Waals surface area contributed by atoms with Gasteiger partial charge in [0.15, 0.2) is 0 Å². The van der Waals surface area contributed by atoms with Gasteiger partial charge in [-0.1, -0.05) is 30.3 Å². The maximum Gasteiger partial charge on any atom is 0.295 e. The van der Waals surface area contributed by atoms with Crippen molar-refractivity contribution in [3.05, 3.63) is 76.2 Å². The summed E-state index contributed by atoms with van der Waals surface area (Å²) < 4.78 is 8.76. The van der Waals surface area contributed by atoms with Crippen molar-refractivity contribution in [2.75, 3.05) is 12.0 Å². The molecule has 2 heterocycles. The summed E-state index contributed by atoms with van der Waals surface area (Å²) in [5, 5.41) is -0.527. The molecular weight excluding hydrogens is 386 g/mol. The zero-order valence-corrected chi connectivity index (χ0v) is 17.6. The summed E-state index contributed by atoms with van der Waals surface area (Å²) in [4.78, 5) is 28.2. The van der Waals surface area contributed by atoms with Gasteiger partial charge in [-0.3, -0.25) is 19.2 Å². The van der Waals surface area contributed by atoms with E-state index in [9.17, 15) is 9.59 Å². The molecule has 1 aliphatic heterocycles. The molecule has 1 saturated heterocycles. The topological polar surface area (TPSA) is 56.5 Å². The number of methoxy groups -OCH3 is 1. The van der Waals surface area contributed by atoms with Gasteiger partial charge in [-0.25, -0.2) is 4.68 Å². The number of amides is 1. The SMILES string of the molecule is COc1cccc([C@@H]2S[C@H](C)C(=O)N2c2c(C)n(C)n(-c3ccccc3)c2=O)c1. The fourth-order valence-electron chi connectivity index (χ4n) is 3.71. The fourth-order valence-corrected chi connectivity index (χ4v) is 4.96. The molecule has 0 aliphatic carbocycles. The molecule has 0 N–H and O–H groups in total. The molecule has 4 rings (SSSR count). The highest BCUT2D eigenvalue weighted by Gasteiger charge is 2.42. The van der Waals surface area contributed by atoms with Crippen LogP contribution in [0.15, 0.2) is 59.4 Å². The van der Waals surface area contributed by atoms with Crippen LogP contribution in [0.5, 0.6) is 5.75 Å². The van der Waals surface area contributed by atoms with Crippen LogP contribution in [0.2, 0.25) is 0 Å². The predicted octanol–water partition coefficient (Wildman–Crippen LogP) is 3.66. The molecule has 150 valence electrons. The van der Waals surface area contributed by atoms with Crippen molar-refractivity contribution in [2.45, 2.75) is 24.5 Å². The smallest absolute Gasteiger partial charge is 0.295 e. The lowest BCUT2D eigenvalue weighted by molar-refractivity contribution is -0.117. The first-order valence-electron chi connectivity index (χ1n) is 9.40. The van der Waals surface area contributed by atoms with Crippen molar-refractivity contribution in [3.63, 3.8) is 0 Å². The summed E-state index contributed by atoms with van der Waals surface area (Å²) in [6, 6.07) is 17.1. The lowest BCUT2D eigenvalue weighted by Gasteiger charge is -2.23. The Hall–Kier alpha value is -2.93. The first-order chi connectivity index (χ1) is 13.9. The number of hydrogen-bond donors (Lipinski definition) is 0. The third-order valence-electron chi connectivity index (χ3n) is 5.30. The second-order valence-corrected chi connectivity index (χ2v) is 8.45. The average Bonchev–Trinajstić information content (AvgIpc) is 3.15. The quantitative estimate of drug-likeness (QED) is 0.660. The zero-order chi connectivity index (χ0) is 20.7. The molecular formula is C22H23N3O3S. The summed E-state index contributed by atoms with van der Waals surface area (Å²) in [7, 11) is 3.46. The van der Waals surface area contributed by atoms with Crippen molar-refractivity contribution >= 4 is 23.4 Å². The largest absolute Gasteiger partial charge is 0.497 e. The molecule has 3 aromatic rings. The van der Waals surface area contributed by atoms with E-state index in [1.54, 1.807) is 33.1 Å². The van der Waals surface area contributed by atoms with E-state index >= 15 is 0 Å². The van der Waals surface area contributed by atoms with Gasteiger partial charge in [0.2, 0.25) is 5.91 Å². The Morgan fingerprint density at radius 2 is 1.76 bits per heavy atom. The first-order valence-corrected chi connectivity index (χ1v) is 10.3. The van der Waals surface area contributed by atoms with Gasteiger partial charge < -0.3 is 4.74 Å². The second kappa shape index (κ2) is 7.48. The number of benzene rings is 2. The van der Waals surface area contributed by atoms with Crippen LogP contribution in [0.3, 0.4) is 0 Å². The average molecular weight is 410 g/mol. The Morgan fingerprint density at radius 3 is 2.45 bits per heavy atom. The summed E-state index contributed by atoms with van der Waals surface area (Å²) in [5.74, 6) is 0.662. The lowest BCUT2D eigenvalue weighted by Crippen LogP contribution is -2.34. The molecule has 1 aromatic heterocycles. The highest BCUT2D eigenvalue weighted by Crippen LogP contribution is 2.46. The second-order valence-electron chi connectivity index (χ2n) is 7.03. The summed E-state index contributed by atoms with van der Waals surface area (Å²) >= 11 is 1.54. The Balaban J connectivity index is 1.88. The summed E-state index contributed by atoms with van der Waals surface area (Å²) in [6.07, 6.45) is 0. The van der Waals surface area contributed by atoms with E-state index < -0.39 is 0 Å². The Kier molecular flexibility index (Phi) is 5.00. The van der Waals surface area contributed by atoms with Crippen LogP contribution in [0, 0.1) is 6.92 Å². The normalized spacial score (nSPS) is 19.0. The number of para-hydroxylation sites is 1. The molecule has 1 amide bonds. The maximum absolute atomic E-state index is 13.5. The van der Waals surface area contributed by atoms with Crippen LogP contribution in [0.1, 0.15) is 23.6 Å². The Labute approximate surface area is 173 Å². The van der Waals surface area contributed by atoms with Crippen LogP contribution in [0.4, 0.5) is 5.69 Å². The van der Waals surface area contributed by atoms with Gasteiger partial charge in [0.05, 0.1) is 23.7 Å². The molecule has 6 nitrogen and oxygen atoms in total. The first kappa shape index (κ1) is 19.4. The molecule has 0 saturated carbocycles. The van der Waals surface area contributed by atoms with Gasteiger partial charge in [-0.05, 0) is 43.7 Å². The molecule has 7 heteroatoms. The van der Waals surface area contributed by atoms with E-state index in [-0.39, 0.29) is 22.1 Å². The third-order valence-corrected chi connectivity index (χ3v) is 6.65. The van der Waals surface area contributed by atoms with Gasteiger partial charge >= 0.3 is 0 Å². The molecule has 2 aromatic carbocycles. The number of carbonyl (C=O) groups is 1. The molecule has 0 radical (unpaired) electrons. The molecule has 0 unspecified atom stereocenters. The highest BCUT2D eigenvalue weighted by molar-refractivity contribution is 8.01. The molecule has 29 heavy (non-hydrogen) atoms. The van der Waals surface area contributed by atoms with E-state index in [4.69, 9.17) is 4.74 Å². The van der Waals surface area contributed by atoms with Crippen molar-refractivity contribution in [3.8, 4) is 11.4 Å². The number of carbonyl (C=O) groups excluding carboxylic acids is 1. The minimum absolute atomic E-state index is 0.0613. The van der Waals surface area contributed by atoms with Gasteiger partial charge in [0, 0.05) is 7.05 Å². The molecule has 1 aliphatic rings. The van der Waals surface area contributed by atoms with Crippen molar-refractivity contribution in [2.24, 2.45) is 7.05 Å². The number of thioether (sulfide) groups is 1. The molecule has 0 bridgehead atoms. The number of nitrogens with zero attached hydrogens (tertiary/aromatic N) is 3. The van der Waals surface area contributed by atoms with Crippen molar-refractivity contribution in [1.82, 2.24) is 9.36 Å². The number of hydrogen-bond acceptors (Lipinski definition) is 4. The summed E-state index contributed by atoms with van der Waals surface area (Å²) in [6.45, 7) is 3.76. The van der Waals surface area contributed by atoms with E-state index in [2.05, 4.69) is 0 Å².